The first-order valence-corrected chi connectivity index (χ1v) is 6.30. The maximum absolute atomic E-state index is 11.9. The zero-order valence-corrected chi connectivity index (χ0v) is 11.3. The molecule has 0 saturated heterocycles. The molecule has 0 saturated carbocycles. The quantitative estimate of drug-likeness (QED) is 0.812. The van der Waals surface area contributed by atoms with Crippen molar-refractivity contribution in [3.63, 3.8) is 0 Å². The highest BCUT2D eigenvalue weighted by Crippen LogP contribution is 2.18. The van der Waals surface area contributed by atoms with Gasteiger partial charge in [-0.25, -0.2) is 9.78 Å². The molecule has 0 aromatic carbocycles. The van der Waals surface area contributed by atoms with Gasteiger partial charge in [-0.1, -0.05) is 6.92 Å². The molecule has 1 unspecified atom stereocenters. The maximum Gasteiger partial charge on any atom is 0.326 e. The first-order valence-electron chi connectivity index (χ1n) is 5.48. The zero-order valence-electron chi connectivity index (χ0n) is 10.5. The summed E-state index contributed by atoms with van der Waals surface area (Å²) in [5.41, 5.74) is 0.588. The Bertz CT molecular complexity index is 444. The van der Waals surface area contributed by atoms with Crippen LogP contribution in [0.4, 0.5) is 0 Å². The molecule has 0 aliphatic heterocycles. The third kappa shape index (κ3) is 3.51. The average molecular weight is 272 g/mol. The van der Waals surface area contributed by atoms with Crippen LogP contribution >= 0.6 is 11.3 Å². The van der Waals surface area contributed by atoms with Crippen molar-refractivity contribution in [1.29, 1.82) is 0 Å². The summed E-state index contributed by atoms with van der Waals surface area (Å²) >= 11 is 1.22. The fourth-order valence-corrected chi connectivity index (χ4v) is 2.35. The van der Waals surface area contributed by atoms with E-state index in [1.807, 2.05) is 0 Å². The Hall–Kier alpha value is -1.47. The van der Waals surface area contributed by atoms with E-state index in [1.54, 1.807) is 21.0 Å². The summed E-state index contributed by atoms with van der Waals surface area (Å²) in [5.74, 6) is -1.44. The highest BCUT2D eigenvalue weighted by Gasteiger charge is 2.21. The molecule has 18 heavy (non-hydrogen) atoms. The molecule has 1 amide bonds. The smallest absolute Gasteiger partial charge is 0.326 e. The van der Waals surface area contributed by atoms with Crippen LogP contribution in [0.3, 0.4) is 0 Å². The van der Waals surface area contributed by atoms with Gasteiger partial charge in [-0.15, -0.1) is 11.3 Å². The summed E-state index contributed by atoms with van der Waals surface area (Å²) in [7, 11) is 1.55. The number of thiazole rings is 1. The van der Waals surface area contributed by atoms with Crippen molar-refractivity contribution in [2.75, 3.05) is 7.11 Å². The Morgan fingerprint density at radius 1 is 1.56 bits per heavy atom. The molecule has 6 nitrogen and oxygen atoms in total. The highest BCUT2D eigenvalue weighted by molar-refractivity contribution is 7.13. The van der Waals surface area contributed by atoms with Crippen LogP contribution in [0.25, 0.3) is 0 Å². The fraction of sp³-hybridized carbons (Fsp3) is 0.545. The summed E-state index contributed by atoms with van der Waals surface area (Å²) in [6, 6.07) is -0.870. The van der Waals surface area contributed by atoms with E-state index in [0.29, 0.717) is 28.6 Å². The van der Waals surface area contributed by atoms with E-state index in [-0.39, 0.29) is 0 Å². The number of rotatable bonds is 6. The second kappa shape index (κ2) is 6.46. The van der Waals surface area contributed by atoms with Crippen LogP contribution in [0.2, 0.25) is 0 Å². The van der Waals surface area contributed by atoms with Crippen LogP contribution < -0.4 is 5.32 Å². The summed E-state index contributed by atoms with van der Waals surface area (Å²) in [6.07, 6.45) is 0.337. The van der Waals surface area contributed by atoms with Gasteiger partial charge in [0.2, 0.25) is 0 Å². The SMILES string of the molecule is CCC(NC(=O)c1sc(COC)nc1C)C(=O)O. The molecule has 7 heteroatoms. The van der Waals surface area contributed by atoms with Gasteiger partial charge in [-0.2, -0.15) is 0 Å². The van der Waals surface area contributed by atoms with Gasteiger partial charge in [-0.05, 0) is 13.3 Å². The summed E-state index contributed by atoms with van der Waals surface area (Å²) in [6.45, 7) is 3.76. The molecule has 2 N–H and O–H groups in total. The Kier molecular flexibility index (Phi) is 5.24. The molecule has 1 heterocycles. The number of carbonyl (C=O) groups is 2. The first-order chi connectivity index (χ1) is 8.49. The number of hydrogen-bond donors (Lipinski definition) is 2. The average Bonchev–Trinajstić information content (AvgIpc) is 2.67. The van der Waals surface area contributed by atoms with Crippen molar-refractivity contribution in [1.82, 2.24) is 10.3 Å². The number of amides is 1. The maximum atomic E-state index is 11.9. The topological polar surface area (TPSA) is 88.5 Å². The minimum Gasteiger partial charge on any atom is -0.480 e. The molecule has 0 bridgehead atoms. The molecule has 0 radical (unpaired) electrons. The van der Waals surface area contributed by atoms with Gasteiger partial charge < -0.3 is 15.2 Å². The molecule has 0 fully saturated rings. The molecule has 0 spiro atoms. The van der Waals surface area contributed by atoms with Gasteiger partial charge >= 0.3 is 5.97 Å². The van der Waals surface area contributed by atoms with E-state index >= 15 is 0 Å². The van der Waals surface area contributed by atoms with Crippen molar-refractivity contribution in [3.8, 4) is 0 Å². The number of ether oxygens (including phenoxy) is 1. The summed E-state index contributed by atoms with van der Waals surface area (Å²) in [5, 5.41) is 12.0. The summed E-state index contributed by atoms with van der Waals surface area (Å²) < 4.78 is 4.94. The van der Waals surface area contributed by atoms with Crippen molar-refractivity contribution in [2.24, 2.45) is 0 Å². The lowest BCUT2D eigenvalue weighted by atomic mass is 10.2. The van der Waals surface area contributed by atoms with E-state index in [4.69, 9.17) is 9.84 Å². The number of aromatic nitrogens is 1. The number of nitrogens with one attached hydrogen (secondary N) is 1. The summed E-state index contributed by atoms with van der Waals surface area (Å²) in [4.78, 5) is 27.4. The van der Waals surface area contributed by atoms with Crippen molar-refractivity contribution in [2.45, 2.75) is 32.9 Å². The third-order valence-corrected chi connectivity index (χ3v) is 3.46. The molecule has 1 aromatic rings. The van der Waals surface area contributed by atoms with Crippen LogP contribution in [0.1, 0.15) is 33.7 Å². The van der Waals surface area contributed by atoms with Gasteiger partial charge in [0.15, 0.2) is 0 Å². The largest absolute Gasteiger partial charge is 0.480 e. The van der Waals surface area contributed by atoms with Gasteiger partial charge in [-0.3, -0.25) is 4.79 Å². The Morgan fingerprint density at radius 2 is 2.22 bits per heavy atom. The second-order valence-electron chi connectivity index (χ2n) is 3.73. The molecule has 0 aliphatic rings. The molecule has 1 rings (SSSR count). The monoisotopic (exact) mass is 272 g/mol. The predicted octanol–water partition coefficient (Wildman–Crippen LogP) is 1.19. The van der Waals surface area contributed by atoms with Crippen LogP contribution in [-0.2, 0) is 16.1 Å². The van der Waals surface area contributed by atoms with Gasteiger partial charge in [0.05, 0.1) is 12.3 Å². The number of nitrogens with zero attached hydrogens (tertiary/aromatic N) is 1. The standard InChI is InChI=1S/C11H16N2O4S/c1-4-7(11(15)16)13-10(14)9-6(2)12-8(18-9)5-17-3/h7H,4-5H2,1-3H3,(H,13,14)(H,15,16). The lowest BCUT2D eigenvalue weighted by Crippen LogP contribution is -2.40. The number of aryl methyl sites for hydroxylation is 1. The van der Waals surface area contributed by atoms with Crippen LogP contribution in [0.5, 0.6) is 0 Å². The Morgan fingerprint density at radius 3 is 2.72 bits per heavy atom. The highest BCUT2D eigenvalue weighted by atomic mass is 32.1. The molecule has 0 aliphatic carbocycles. The molecule has 1 aromatic heterocycles. The minimum atomic E-state index is -1.04. The molecule has 100 valence electrons. The predicted molar refractivity (Wildman–Crippen MR) is 66.7 cm³/mol. The van der Waals surface area contributed by atoms with Crippen LogP contribution in [0, 0.1) is 6.92 Å². The van der Waals surface area contributed by atoms with Gasteiger partial charge in [0, 0.05) is 7.11 Å². The van der Waals surface area contributed by atoms with Gasteiger partial charge in [0.25, 0.3) is 5.91 Å². The van der Waals surface area contributed by atoms with Crippen LogP contribution in [-0.4, -0.2) is 35.1 Å². The minimum absolute atomic E-state index is 0.337. The number of carboxylic acids is 1. The molecular weight excluding hydrogens is 256 g/mol. The van der Waals surface area contributed by atoms with Crippen LogP contribution in [0.15, 0.2) is 0 Å². The fourth-order valence-electron chi connectivity index (χ4n) is 1.41. The molecule has 1 atom stereocenters. The molecular formula is C11H16N2O4S. The third-order valence-electron chi connectivity index (χ3n) is 2.33. The number of methoxy groups -OCH3 is 1. The Balaban J connectivity index is 2.80. The van der Waals surface area contributed by atoms with Crippen molar-refractivity contribution >= 4 is 23.2 Å². The number of carbonyl (C=O) groups excluding carboxylic acids is 1. The van der Waals surface area contributed by atoms with E-state index in [1.165, 1.54) is 11.3 Å². The lowest BCUT2D eigenvalue weighted by Gasteiger charge is -2.11. The zero-order chi connectivity index (χ0) is 13.7. The first kappa shape index (κ1) is 14.6. The van der Waals surface area contributed by atoms with Crippen molar-refractivity contribution < 1.29 is 19.4 Å². The van der Waals surface area contributed by atoms with E-state index < -0.39 is 17.9 Å². The second-order valence-corrected chi connectivity index (χ2v) is 4.81. The van der Waals surface area contributed by atoms with E-state index in [2.05, 4.69) is 10.3 Å². The van der Waals surface area contributed by atoms with Gasteiger partial charge in [0.1, 0.15) is 15.9 Å². The van der Waals surface area contributed by atoms with Crippen molar-refractivity contribution in [3.05, 3.63) is 15.6 Å². The lowest BCUT2D eigenvalue weighted by molar-refractivity contribution is -0.139. The van der Waals surface area contributed by atoms with E-state index in [0.717, 1.165) is 0 Å². The van der Waals surface area contributed by atoms with E-state index in [9.17, 15) is 9.59 Å². The number of carboxylic acid groups (broad SMARTS) is 1. The number of aliphatic carboxylic acids is 1. The Labute approximate surface area is 109 Å². The number of hydrogen-bond acceptors (Lipinski definition) is 5. The normalized spacial score (nSPS) is 12.2.